The smallest absolute Gasteiger partial charge is 0.390 e. The van der Waals surface area contributed by atoms with Crippen LogP contribution in [0, 0.1) is 0 Å². The number of carbonyl (C=O) groups is 1. The normalized spacial score (nSPS) is 12.3. The molecule has 0 amide bonds. The second-order valence-corrected chi connectivity index (χ2v) is 4.64. The molecule has 0 aromatic heterocycles. The molecule has 12 heavy (non-hydrogen) atoms. The van der Waals surface area contributed by atoms with Gasteiger partial charge >= 0.3 is 8.80 Å². The molecule has 0 atom stereocenters. The fraction of sp³-hybridized carbons (Fsp3) is 0.571. The molecule has 0 bridgehead atoms. The Morgan fingerprint density at radius 3 is 2.42 bits per heavy atom. The largest absolute Gasteiger partial charge is 0.492 e. The predicted molar refractivity (Wildman–Crippen MR) is 46.3 cm³/mol. The number of carbonyl (C=O) groups excluding carboxylic acids is 1. The molecular formula is C7H14O4Si. The van der Waals surface area contributed by atoms with Crippen LogP contribution < -0.4 is 0 Å². The van der Waals surface area contributed by atoms with E-state index in [0.29, 0.717) is 6.42 Å². The maximum absolute atomic E-state index is 10.8. The van der Waals surface area contributed by atoms with Crippen molar-refractivity contribution in [3.8, 4) is 0 Å². The first-order valence-electron chi connectivity index (χ1n) is 3.78. The Labute approximate surface area is 72.5 Å². The molecule has 4 nitrogen and oxygen atoms in total. The van der Waals surface area contributed by atoms with Crippen molar-refractivity contribution >= 4 is 14.6 Å². The Morgan fingerprint density at radius 2 is 2.00 bits per heavy atom. The molecule has 0 heterocycles. The molecule has 0 spiro atoms. The lowest BCUT2D eigenvalue weighted by molar-refractivity contribution is -0.114. The fourth-order valence-corrected chi connectivity index (χ4v) is 1.42. The Morgan fingerprint density at radius 1 is 1.42 bits per heavy atom. The van der Waals surface area contributed by atoms with Crippen molar-refractivity contribution in [1.82, 2.24) is 0 Å². The van der Waals surface area contributed by atoms with Crippen molar-refractivity contribution in [3.63, 3.8) is 0 Å². The summed E-state index contributed by atoms with van der Waals surface area (Å²) in [5.41, 5.74) is 0. The lowest BCUT2D eigenvalue weighted by Gasteiger charge is -2.06. The number of hydrogen-bond donors (Lipinski definition) is 3. The highest BCUT2D eigenvalue weighted by Gasteiger charge is 2.25. The molecule has 0 fully saturated rings. The van der Waals surface area contributed by atoms with Crippen LogP contribution in [0.5, 0.6) is 0 Å². The first-order chi connectivity index (χ1) is 5.45. The zero-order chi connectivity index (χ0) is 9.61. The number of hydrogen-bond acceptors (Lipinski definition) is 4. The zero-order valence-electron chi connectivity index (χ0n) is 7.03. The van der Waals surface area contributed by atoms with E-state index in [9.17, 15) is 4.79 Å². The van der Waals surface area contributed by atoms with Gasteiger partial charge in [-0.25, -0.2) is 0 Å². The van der Waals surface area contributed by atoms with E-state index in [4.69, 9.17) is 14.4 Å². The van der Waals surface area contributed by atoms with Gasteiger partial charge in [0.1, 0.15) is 0 Å². The van der Waals surface area contributed by atoms with Gasteiger partial charge in [-0.1, -0.05) is 6.08 Å². The van der Waals surface area contributed by atoms with Crippen LogP contribution >= 0.6 is 0 Å². The van der Waals surface area contributed by atoms with Crippen LogP contribution in [-0.2, 0) is 4.79 Å². The molecule has 3 N–H and O–H groups in total. The van der Waals surface area contributed by atoms with Crippen molar-refractivity contribution in [3.05, 3.63) is 12.2 Å². The molecule has 0 radical (unpaired) electrons. The molecular weight excluding hydrogens is 176 g/mol. The Bertz CT molecular complexity index is 171. The van der Waals surface area contributed by atoms with Gasteiger partial charge in [-0.05, 0) is 19.4 Å². The molecule has 0 saturated heterocycles. The van der Waals surface area contributed by atoms with E-state index in [0.717, 1.165) is 0 Å². The van der Waals surface area contributed by atoms with Crippen molar-refractivity contribution < 1.29 is 19.2 Å². The molecule has 0 aliphatic rings. The molecule has 0 aliphatic heterocycles. The highest BCUT2D eigenvalue weighted by Crippen LogP contribution is 2.05. The summed E-state index contributed by atoms with van der Waals surface area (Å²) in [5, 5.41) is 0. The highest BCUT2D eigenvalue weighted by atomic mass is 28.4. The van der Waals surface area contributed by atoms with Crippen LogP contribution in [0.15, 0.2) is 12.2 Å². The summed E-state index contributed by atoms with van der Waals surface area (Å²) < 4.78 is 0. The monoisotopic (exact) mass is 190 g/mol. The molecule has 0 saturated carbocycles. The van der Waals surface area contributed by atoms with Gasteiger partial charge in [0.25, 0.3) is 0 Å². The predicted octanol–water partition coefficient (Wildman–Crippen LogP) is -0.172. The van der Waals surface area contributed by atoms with E-state index in [1.165, 1.54) is 6.08 Å². The molecule has 5 heteroatoms. The van der Waals surface area contributed by atoms with Crippen LogP contribution in [0.25, 0.3) is 0 Å². The van der Waals surface area contributed by atoms with Crippen LogP contribution in [0.1, 0.15) is 19.8 Å². The molecule has 70 valence electrons. The zero-order valence-corrected chi connectivity index (χ0v) is 8.03. The van der Waals surface area contributed by atoms with E-state index < -0.39 is 8.80 Å². The lowest BCUT2D eigenvalue weighted by atomic mass is 10.2. The lowest BCUT2D eigenvalue weighted by Crippen LogP contribution is -2.34. The van der Waals surface area contributed by atoms with Crippen molar-refractivity contribution in [2.24, 2.45) is 0 Å². The van der Waals surface area contributed by atoms with Gasteiger partial charge in [0.2, 0.25) is 0 Å². The maximum Gasteiger partial charge on any atom is 0.492 e. The van der Waals surface area contributed by atoms with Gasteiger partial charge in [0.05, 0.1) is 0 Å². The van der Waals surface area contributed by atoms with Gasteiger partial charge in [0, 0.05) is 12.5 Å². The first-order valence-corrected chi connectivity index (χ1v) is 5.83. The summed E-state index contributed by atoms with van der Waals surface area (Å²) in [5.74, 6) is -0.0595. The number of allylic oxidation sites excluding steroid dienone is 2. The average molecular weight is 190 g/mol. The summed E-state index contributed by atoms with van der Waals surface area (Å²) in [7, 11) is -3.92. The SMILES string of the molecule is CC=CC(=O)CCC[Si](O)(O)O. The maximum atomic E-state index is 10.8. The highest BCUT2D eigenvalue weighted by molar-refractivity contribution is 6.56. The van der Waals surface area contributed by atoms with E-state index in [-0.39, 0.29) is 18.2 Å². The topological polar surface area (TPSA) is 77.8 Å². The third kappa shape index (κ3) is 7.61. The van der Waals surface area contributed by atoms with Gasteiger partial charge in [-0.15, -0.1) is 0 Å². The third-order valence-electron chi connectivity index (χ3n) is 1.29. The molecule has 0 unspecified atom stereocenters. The summed E-state index contributed by atoms with van der Waals surface area (Å²) in [6.45, 7) is 1.74. The minimum atomic E-state index is -3.92. The third-order valence-corrected chi connectivity index (χ3v) is 2.31. The van der Waals surface area contributed by atoms with E-state index >= 15 is 0 Å². The van der Waals surface area contributed by atoms with Crippen LogP contribution in [0.3, 0.4) is 0 Å². The Kier molecular flexibility index (Phi) is 4.99. The van der Waals surface area contributed by atoms with Gasteiger partial charge in [0.15, 0.2) is 5.78 Å². The average Bonchev–Trinajstić information content (AvgIpc) is 1.84. The van der Waals surface area contributed by atoms with Gasteiger partial charge < -0.3 is 14.4 Å². The van der Waals surface area contributed by atoms with Crippen molar-refractivity contribution in [2.75, 3.05) is 0 Å². The molecule has 0 rings (SSSR count). The quantitative estimate of drug-likeness (QED) is 0.415. The second kappa shape index (κ2) is 5.21. The summed E-state index contributed by atoms with van der Waals surface area (Å²) >= 11 is 0. The molecule has 0 aromatic rings. The van der Waals surface area contributed by atoms with E-state index in [2.05, 4.69) is 0 Å². The minimum absolute atomic E-state index is 0.0595. The van der Waals surface area contributed by atoms with Crippen LogP contribution in [0.4, 0.5) is 0 Å². The van der Waals surface area contributed by atoms with Crippen LogP contribution in [-0.4, -0.2) is 29.0 Å². The first kappa shape index (κ1) is 11.5. The fourth-order valence-electron chi connectivity index (χ4n) is 0.769. The summed E-state index contributed by atoms with van der Waals surface area (Å²) in [4.78, 5) is 36.6. The van der Waals surface area contributed by atoms with Gasteiger partial charge in [-0.3, -0.25) is 4.79 Å². The minimum Gasteiger partial charge on any atom is -0.390 e. The number of ketones is 1. The summed E-state index contributed by atoms with van der Waals surface area (Å²) in [6.07, 6.45) is 3.62. The Balaban J connectivity index is 3.51. The number of rotatable bonds is 5. The summed E-state index contributed by atoms with van der Waals surface area (Å²) in [6, 6.07) is -0.0731. The second-order valence-electron chi connectivity index (χ2n) is 2.59. The van der Waals surface area contributed by atoms with Gasteiger partial charge in [-0.2, -0.15) is 0 Å². The van der Waals surface area contributed by atoms with Crippen molar-refractivity contribution in [2.45, 2.75) is 25.8 Å². The van der Waals surface area contributed by atoms with E-state index in [1.807, 2.05) is 0 Å². The molecule has 0 aromatic carbocycles. The van der Waals surface area contributed by atoms with Crippen molar-refractivity contribution in [1.29, 1.82) is 0 Å². The van der Waals surface area contributed by atoms with E-state index in [1.54, 1.807) is 13.0 Å². The van der Waals surface area contributed by atoms with Crippen LogP contribution in [0.2, 0.25) is 6.04 Å². The molecule has 0 aliphatic carbocycles. The standard InChI is InChI=1S/C7H14O4Si/c1-2-4-7(8)5-3-6-12(9,10)11/h2,4,9-11H,3,5-6H2,1H3. The Hall–Kier alpha value is -0.493.